The van der Waals surface area contributed by atoms with Gasteiger partial charge >= 0.3 is 5.69 Å². The molecule has 0 saturated carbocycles. The summed E-state index contributed by atoms with van der Waals surface area (Å²) in [6.07, 6.45) is 0. The van der Waals surface area contributed by atoms with Crippen LogP contribution in [0.3, 0.4) is 0 Å². The van der Waals surface area contributed by atoms with E-state index < -0.39 is 11.2 Å². The van der Waals surface area contributed by atoms with E-state index in [9.17, 15) is 9.59 Å². The van der Waals surface area contributed by atoms with Gasteiger partial charge in [-0.3, -0.25) is 9.78 Å². The first kappa shape index (κ1) is 13.0. The van der Waals surface area contributed by atoms with Gasteiger partial charge in [0.15, 0.2) is 11.5 Å². The first-order valence-electron chi connectivity index (χ1n) is 5.96. The zero-order valence-corrected chi connectivity index (χ0v) is 12.7. The number of halogens is 1. The number of fused-ring (bicyclic) bond motifs is 2. The Labute approximate surface area is 122 Å². The molecule has 2 heterocycles. The molecule has 0 bridgehead atoms. The molecular weight excluding hydrogens is 324 g/mol. The largest absolute Gasteiger partial charge is 0.349 e. The summed E-state index contributed by atoms with van der Waals surface area (Å²) in [6, 6.07) is 1.92. The van der Waals surface area contributed by atoms with Gasteiger partial charge in [0, 0.05) is 11.5 Å². The van der Waals surface area contributed by atoms with E-state index in [1.165, 1.54) is 0 Å². The van der Waals surface area contributed by atoms with Crippen LogP contribution < -0.4 is 11.2 Å². The van der Waals surface area contributed by atoms with Crippen LogP contribution in [0.1, 0.15) is 11.1 Å². The van der Waals surface area contributed by atoms with E-state index in [-0.39, 0.29) is 11.5 Å². The third-order valence-electron chi connectivity index (χ3n) is 3.46. The maximum atomic E-state index is 11.8. The Morgan fingerprint density at radius 3 is 2.65 bits per heavy atom. The average Bonchev–Trinajstić information content (AvgIpc) is 2.37. The van der Waals surface area contributed by atoms with Crippen LogP contribution in [0.2, 0.25) is 0 Å². The highest BCUT2D eigenvalue weighted by Gasteiger charge is 2.19. The number of nitrogens with one attached hydrogen (secondary N) is 1. The van der Waals surface area contributed by atoms with Crippen LogP contribution in [0.4, 0.5) is 0 Å². The lowest BCUT2D eigenvalue weighted by molar-refractivity contribution is 0.868. The van der Waals surface area contributed by atoms with Crippen LogP contribution in [-0.2, 0) is 7.05 Å². The summed E-state index contributed by atoms with van der Waals surface area (Å²) in [5.74, 6) is 0.273. The number of aromatic nitrogens is 4. The molecule has 102 valence electrons. The summed E-state index contributed by atoms with van der Waals surface area (Å²) < 4.78 is 2.60. The van der Waals surface area contributed by atoms with Gasteiger partial charge in [0.05, 0.1) is 11.0 Å². The highest BCUT2D eigenvalue weighted by molar-refractivity contribution is 9.10. The molecular formula is C13H11BrN4O2. The van der Waals surface area contributed by atoms with Gasteiger partial charge in [-0.15, -0.1) is 0 Å². The Morgan fingerprint density at radius 2 is 1.95 bits per heavy atom. The molecule has 20 heavy (non-hydrogen) atoms. The number of aromatic amines is 1. The molecule has 0 fully saturated rings. The smallest absolute Gasteiger partial charge is 0.325 e. The normalized spacial score (nSPS) is 11.4. The molecule has 6 nitrogen and oxygen atoms in total. The Morgan fingerprint density at radius 1 is 1.25 bits per heavy atom. The molecule has 2 aliphatic rings. The van der Waals surface area contributed by atoms with Crippen molar-refractivity contribution >= 4 is 27.0 Å². The van der Waals surface area contributed by atoms with Crippen LogP contribution in [-0.4, -0.2) is 19.5 Å². The third kappa shape index (κ3) is 1.70. The summed E-state index contributed by atoms with van der Waals surface area (Å²) in [5.41, 5.74) is 2.61. The maximum absolute atomic E-state index is 11.8. The van der Waals surface area contributed by atoms with Crippen molar-refractivity contribution < 1.29 is 0 Å². The number of nitrogens with zero attached hydrogens (tertiary/aromatic N) is 3. The SMILES string of the molecule is Cc1cc2nc3c(=O)[nH]c(=O)nc-3n(C)c2c(Br)c1C. The highest BCUT2D eigenvalue weighted by Crippen LogP contribution is 2.30. The van der Waals surface area contributed by atoms with Gasteiger partial charge in [-0.2, -0.15) is 4.98 Å². The van der Waals surface area contributed by atoms with Gasteiger partial charge in [-0.25, -0.2) is 9.78 Å². The van der Waals surface area contributed by atoms with Crippen molar-refractivity contribution in [1.29, 1.82) is 0 Å². The Bertz CT molecular complexity index is 942. The van der Waals surface area contributed by atoms with Gasteiger partial charge in [-0.1, -0.05) is 0 Å². The Hall–Kier alpha value is -2.02. The molecule has 0 radical (unpaired) electrons. The van der Waals surface area contributed by atoms with Crippen molar-refractivity contribution in [3.05, 3.63) is 42.5 Å². The molecule has 1 aromatic rings. The first-order chi connectivity index (χ1) is 9.40. The predicted octanol–water partition coefficient (Wildman–Crippen LogP) is 1.50. The molecule has 2 aliphatic heterocycles. The van der Waals surface area contributed by atoms with E-state index in [4.69, 9.17) is 0 Å². The van der Waals surface area contributed by atoms with Crippen molar-refractivity contribution in [3.8, 4) is 11.5 Å². The first-order valence-corrected chi connectivity index (χ1v) is 6.76. The van der Waals surface area contributed by atoms with Crippen molar-refractivity contribution in [1.82, 2.24) is 19.5 Å². The van der Waals surface area contributed by atoms with Crippen molar-refractivity contribution in [2.75, 3.05) is 0 Å². The summed E-state index contributed by atoms with van der Waals surface area (Å²) in [7, 11) is 1.76. The standard InChI is InChI=1S/C13H11BrN4O2/c1-5-4-7-10(8(14)6(5)2)18(3)11-9(15-7)12(19)17-13(20)16-11/h4H,1-3H3,(H,17,19,20). The van der Waals surface area contributed by atoms with Gasteiger partial charge < -0.3 is 4.57 Å². The molecule has 0 amide bonds. The van der Waals surface area contributed by atoms with E-state index in [2.05, 4.69) is 30.9 Å². The molecule has 1 N–H and O–H groups in total. The molecule has 7 heteroatoms. The minimum atomic E-state index is -0.667. The molecule has 1 aromatic carbocycles. The van der Waals surface area contributed by atoms with Gasteiger partial charge in [0.25, 0.3) is 5.56 Å². The maximum Gasteiger partial charge on any atom is 0.349 e. The lowest BCUT2D eigenvalue weighted by atomic mass is 10.1. The zero-order chi connectivity index (χ0) is 14.6. The summed E-state index contributed by atoms with van der Waals surface area (Å²) >= 11 is 3.55. The molecule has 0 aliphatic carbocycles. The third-order valence-corrected chi connectivity index (χ3v) is 4.43. The number of benzene rings is 1. The Balaban J connectivity index is 2.66. The van der Waals surface area contributed by atoms with Crippen LogP contribution in [0.15, 0.2) is 20.1 Å². The lowest BCUT2D eigenvalue weighted by Crippen LogP contribution is -2.28. The van der Waals surface area contributed by atoms with Crippen molar-refractivity contribution in [2.24, 2.45) is 7.05 Å². The fourth-order valence-corrected chi connectivity index (χ4v) is 3.03. The molecule has 0 spiro atoms. The zero-order valence-electron chi connectivity index (χ0n) is 11.1. The molecule has 0 atom stereocenters. The monoisotopic (exact) mass is 334 g/mol. The fourth-order valence-electron chi connectivity index (χ4n) is 2.25. The summed E-state index contributed by atoms with van der Waals surface area (Å²) in [6.45, 7) is 3.97. The van der Waals surface area contributed by atoms with Crippen LogP contribution >= 0.6 is 15.9 Å². The van der Waals surface area contributed by atoms with Crippen LogP contribution in [0, 0.1) is 13.8 Å². The van der Waals surface area contributed by atoms with E-state index in [1.807, 2.05) is 19.9 Å². The lowest BCUT2D eigenvalue weighted by Gasteiger charge is -2.15. The number of aryl methyl sites for hydroxylation is 2. The fraction of sp³-hybridized carbons (Fsp3) is 0.231. The van der Waals surface area contributed by atoms with Crippen LogP contribution in [0.25, 0.3) is 22.6 Å². The van der Waals surface area contributed by atoms with E-state index in [0.29, 0.717) is 5.52 Å². The van der Waals surface area contributed by atoms with E-state index in [1.54, 1.807) is 11.6 Å². The van der Waals surface area contributed by atoms with Crippen molar-refractivity contribution in [2.45, 2.75) is 13.8 Å². The topological polar surface area (TPSA) is 80.6 Å². The van der Waals surface area contributed by atoms with E-state index >= 15 is 0 Å². The van der Waals surface area contributed by atoms with Gasteiger partial charge in [0.1, 0.15) is 0 Å². The molecule has 0 aromatic heterocycles. The number of rotatable bonds is 0. The van der Waals surface area contributed by atoms with Gasteiger partial charge in [-0.05, 0) is 47.0 Å². The second-order valence-electron chi connectivity index (χ2n) is 4.71. The Kier molecular flexibility index (Phi) is 2.75. The number of hydrogen-bond donors (Lipinski definition) is 1. The molecule has 3 rings (SSSR count). The number of H-pyrrole nitrogens is 1. The minimum absolute atomic E-state index is 0.162. The van der Waals surface area contributed by atoms with Gasteiger partial charge in [0.2, 0.25) is 0 Å². The summed E-state index contributed by atoms with van der Waals surface area (Å²) in [4.78, 5) is 33.6. The summed E-state index contributed by atoms with van der Waals surface area (Å²) in [5, 5.41) is 0. The van der Waals surface area contributed by atoms with Crippen molar-refractivity contribution in [3.63, 3.8) is 0 Å². The molecule has 0 unspecified atom stereocenters. The van der Waals surface area contributed by atoms with Crippen LogP contribution in [0.5, 0.6) is 0 Å². The quantitative estimate of drug-likeness (QED) is 0.632. The number of hydrogen-bond acceptors (Lipinski definition) is 4. The van der Waals surface area contributed by atoms with E-state index in [0.717, 1.165) is 21.1 Å². The minimum Gasteiger partial charge on any atom is -0.325 e. The highest BCUT2D eigenvalue weighted by atomic mass is 79.9. The molecule has 0 saturated heterocycles. The second-order valence-corrected chi connectivity index (χ2v) is 5.51. The average molecular weight is 335 g/mol. The second kappa shape index (κ2) is 4.24. The predicted molar refractivity (Wildman–Crippen MR) is 79.2 cm³/mol.